The third-order valence-electron chi connectivity index (χ3n) is 4.03. The van der Waals surface area contributed by atoms with E-state index in [0.29, 0.717) is 22.5 Å². The number of fused-ring (bicyclic) bond motifs is 2. The van der Waals surface area contributed by atoms with Crippen LogP contribution in [0.25, 0.3) is 5.65 Å². The zero-order valence-corrected chi connectivity index (χ0v) is 14.5. The summed E-state index contributed by atoms with van der Waals surface area (Å²) in [6, 6.07) is 4.57. The summed E-state index contributed by atoms with van der Waals surface area (Å²) in [4.78, 5) is 21.5. The first-order chi connectivity index (χ1) is 11.4. The highest BCUT2D eigenvalue weighted by Gasteiger charge is 2.37. The van der Waals surface area contributed by atoms with E-state index in [1.165, 1.54) is 6.07 Å². The molecule has 120 valence electrons. The first-order valence-electron chi connectivity index (χ1n) is 7.31. The summed E-state index contributed by atoms with van der Waals surface area (Å²) in [7, 11) is 0. The summed E-state index contributed by atoms with van der Waals surface area (Å²) in [5.74, 6) is -0.857. The molecule has 0 N–H and O–H groups in total. The second-order valence-electron chi connectivity index (χ2n) is 6.11. The molecule has 1 aromatic carbocycles. The van der Waals surface area contributed by atoms with Crippen molar-refractivity contribution in [2.75, 3.05) is 0 Å². The van der Waals surface area contributed by atoms with E-state index < -0.39 is 11.4 Å². The number of Topliss-reactive ketones (excluding diaryl/α,β-unsaturated/α-hetero) is 1. The molecule has 0 radical (unpaired) electrons. The first-order valence-corrected chi connectivity index (χ1v) is 8.10. The maximum Gasteiger partial charge on any atom is 0.193 e. The summed E-state index contributed by atoms with van der Waals surface area (Å²) < 4.78 is 16.7. The van der Waals surface area contributed by atoms with Gasteiger partial charge in [0.2, 0.25) is 0 Å². The van der Waals surface area contributed by atoms with E-state index in [-0.39, 0.29) is 11.3 Å². The van der Waals surface area contributed by atoms with Crippen LogP contribution in [0.5, 0.6) is 0 Å². The molecule has 7 heteroatoms. The average molecular weight is 387 g/mol. The van der Waals surface area contributed by atoms with Crippen molar-refractivity contribution < 1.29 is 9.18 Å². The summed E-state index contributed by atoms with van der Waals surface area (Å²) >= 11 is 3.38. The van der Waals surface area contributed by atoms with Crippen molar-refractivity contribution in [3.63, 3.8) is 0 Å². The number of carbonyl (C=O) groups excluding carboxylic acids is 1. The van der Waals surface area contributed by atoms with Gasteiger partial charge in [-0.3, -0.25) is 9.79 Å². The van der Waals surface area contributed by atoms with Crippen LogP contribution in [0, 0.1) is 5.82 Å². The van der Waals surface area contributed by atoms with E-state index >= 15 is 0 Å². The predicted octanol–water partition coefficient (Wildman–Crippen LogP) is 3.44. The highest BCUT2D eigenvalue weighted by atomic mass is 79.9. The minimum absolute atomic E-state index is 0.0780. The zero-order chi connectivity index (χ0) is 17.1. The minimum Gasteiger partial charge on any atom is -0.291 e. The molecule has 0 unspecified atom stereocenters. The van der Waals surface area contributed by atoms with Crippen LogP contribution in [0.4, 0.5) is 4.39 Å². The third-order valence-corrected chi connectivity index (χ3v) is 4.59. The van der Waals surface area contributed by atoms with Crippen molar-refractivity contribution in [2.45, 2.75) is 19.4 Å². The molecule has 0 fully saturated rings. The predicted molar refractivity (Wildman–Crippen MR) is 91.1 cm³/mol. The van der Waals surface area contributed by atoms with Crippen LogP contribution in [0.2, 0.25) is 0 Å². The van der Waals surface area contributed by atoms with Crippen molar-refractivity contribution >= 4 is 33.1 Å². The van der Waals surface area contributed by atoms with Crippen LogP contribution in [0.3, 0.4) is 0 Å². The number of hydrogen-bond donors (Lipinski definition) is 0. The second kappa shape index (κ2) is 5.04. The number of aromatic nitrogens is 3. The van der Waals surface area contributed by atoms with Gasteiger partial charge in [0.1, 0.15) is 11.4 Å². The molecule has 3 heterocycles. The fraction of sp³-hybridized carbons (Fsp3) is 0.176. The van der Waals surface area contributed by atoms with Gasteiger partial charge in [-0.2, -0.15) is 5.10 Å². The summed E-state index contributed by atoms with van der Waals surface area (Å²) in [6.07, 6.45) is 5.07. The molecule has 0 amide bonds. The number of aliphatic imine (C=N–C) groups is 1. The standard InChI is InChI=1S/C17H12BrFN4O/c1-17(2)15(24)13-10(4-3-5-12(13)19)14(22-17)9-6-20-16-11(18)7-21-23(16)8-9/h3-8H,1-2H3. The van der Waals surface area contributed by atoms with E-state index in [1.54, 1.807) is 49.1 Å². The van der Waals surface area contributed by atoms with Crippen LogP contribution >= 0.6 is 15.9 Å². The van der Waals surface area contributed by atoms with Gasteiger partial charge in [0.25, 0.3) is 0 Å². The highest BCUT2D eigenvalue weighted by Crippen LogP contribution is 2.31. The van der Waals surface area contributed by atoms with Gasteiger partial charge < -0.3 is 0 Å². The number of carbonyl (C=O) groups is 1. The molecule has 0 bridgehead atoms. The monoisotopic (exact) mass is 386 g/mol. The van der Waals surface area contributed by atoms with Crippen molar-refractivity contribution in [2.24, 2.45) is 4.99 Å². The molecular weight excluding hydrogens is 375 g/mol. The topological polar surface area (TPSA) is 59.6 Å². The minimum atomic E-state index is -1.04. The van der Waals surface area contributed by atoms with Gasteiger partial charge in [-0.1, -0.05) is 12.1 Å². The number of benzene rings is 1. The van der Waals surface area contributed by atoms with Crippen molar-refractivity contribution in [3.05, 3.63) is 63.8 Å². The lowest BCUT2D eigenvalue weighted by Crippen LogP contribution is -2.37. The molecule has 2 aromatic heterocycles. The molecule has 1 aliphatic rings. The molecule has 24 heavy (non-hydrogen) atoms. The van der Waals surface area contributed by atoms with E-state index in [2.05, 4.69) is 31.0 Å². The number of ketones is 1. The Morgan fingerprint density at radius 1 is 1.25 bits per heavy atom. The molecule has 0 saturated heterocycles. The van der Waals surface area contributed by atoms with E-state index in [9.17, 15) is 9.18 Å². The molecule has 0 spiro atoms. The van der Waals surface area contributed by atoms with E-state index in [4.69, 9.17) is 0 Å². The summed E-state index contributed by atoms with van der Waals surface area (Å²) in [6.45, 7) is 3.36. The Morgan fingerprint density at radius 3 is 2.83 bits per heavy atom. The first kappa shape index (κ1) is 15.1. The van der Waals surface area contributed by atoms with Crippen LogP contribution < -0.4 is 0 Å². The largest absolute Gasteiger partial charge is 0.291 e. The maximum absolute atomic E-state index is 14.3. The quantitative estimate of drug-likeness (QED) is 0.643. The van der Waals surface area contributed by atoms with Crippen molar-refractivity contribution in [1.82, 2.24) is 14.6 Å². The Kier molecular flexibility index (Phi) is 3.18. The molecular formula is C17H12BrFN4O. The third kappa shape index (κ3) is 2.11. The zero-order valence-electron chi connectivity index (χ0n) is 12.9. The Bertz CT molecular complexity index is 1040. The van der Waals surface area contributed by atoms with E-state index in [1.807, 2.05) is 0 Å². The van der Waals surface area contributed by atoms with Gasteiger partial charge in [-0.25, -0.2) is 13.9 Å². The van der Waals surface area contributed by atoms with Gasteiger partial charge in [-0.15, -0.1) is 0 Å². The lowest BCUT2D eigenvalue weighted by atomic mass is 9.84. The summed E-state index contributed by atoms with van der Waals surface area (Å²) in [5, 5.41) is 4.21. The number of rotatable bonds is 1. The highest BCUT2D eigenvalue weighted by molar-refractivity contribution is 9.10. The van der Waals surface area contributed by atoms with Crippen LogP contribution in [0.15, 0.2) is 46.3 Å². The molecule has 3 aromatic rings. The Morgan fingerprint density at radius 2 is 2.04 bits per heavy atom. The van der Waals surface area contributed by atoms with Gasteiger partial charge in [0, 0.05) is 23.5 Å². The maximum atomic E-state index is 14.3. The van der Waals surface area contributed by atoms with Crippen LogP contribution in [0.1, 0.15) is 35.3 Å². The Labute approximate surface area is 145 Å². The van der Waals surface area contributed by atoms with Crippen LogP contribution in [-0.4, -0.2) is 31.6 Å². The van der Waals surface area contributed by atoms with Gasteiger partial charge in [-0.05, 0) is 35.8 Å². The molecule has 4 rings (SSSR count). The molecule has 1 aliphatic heterocycles. The average Bonchev–Trinajstić information content (AvgIpc) is 2.92. The van der Waals surface area contributed by atoms with Gasteiger partial charge >= 0.3 is 0 Å². The summed E-state index contributed by atoms with van der Waals surface area (Å²) in [5.41, 5.74) is 1.40. The van der Waals surface area contributed by atoms with Gasteiger partial charge in [0.05, 0.1) is 21.9 Å². The SMILES string of the molecule is CC1(C)N=C(c2cnc3c(Br)cnn3c2)c2cccc(F)c2C1=O. The van der Waals surface area contributed by atoms with Crippen LogP contribution in [-0.2, 0) is 0 Å². The number of nitrogens with zero attached hydrogens (tertiary/aromatic N) is 4. The number of hydrogen-bond acceptors (Lipinski definition) is 4. The molecule has 0 aliphatic carbocycles. The van der Waals surface area contributed by atoms with E-state index in [0.717, 1.165) is 4.47 Å². The molecule has 0 saturated carbocycles. The second-order valence-corrected chi connectivity index (χ2v) is 6.97. The fourth-order valence-electron chi connectivity index (χ4n) is 2.84. The lowest BCUT2D eigenvalue weighted by Gasteiger charge is -2.27. The number of halogens is 2. The van der Waals surface area contributed by atoms with Crippen molar-refractivity contribution in [3.8, 4) is 0 Å². The molecule has 0 atom stereocenters. The smallest absolute Gasteiger partial charge is 0.193 e. The van der Waals surface area contributed by atoms with Crippen molar-refractivity contribution in [1.29, 1.82) is 0 Å². The lowest BCUT2D eigenvalue weighted by molar-refractivity contribution is 0.0908. The molecule has 5 nitrogen and oxygen atoms in total. The fourth-order valence-corrected chi connectivity index (χ4v) is 3.21. The normalized spacial score (nSPS) is 16.2. The Hall–Kier alpha value is -2.41. The Balaban J connectivity index is 1.99. The van der Waals surface area contributed by atoms with Gasteiger partial charge in [0.15, 0.2) is 11.4 Å².